The zero-order valence-electron chi connectivity index (χ0n) is 8.59. The van der Waals surface area contributed by atoms with Crippen molar-refractivity contribution in [2.24, 2.45) is 0 Å². The number of carbonyl (C=O) groups excluding carboxylic acids is 1. The Balaban J connectivity index is 2.17. The van der Waals surface area contributed by atoms with E-state index < -0.39 is 0 Å². The van der Waals surface area contributed by atoms with Gasteiger partial charge in [-0.15, -0.1) is 0 Å². The fourth-order valence-electron chi connectivity index (χ4n) is 1.65. The van der Waals surface area contributed by atoms with E-state index in [4.69, 9.17) is 11.6 Å². The van der Waals surface area contributed by atoms with Gasteiger partial charge in [-0.05, 0) is 31.0 Å². The van der Waals surface area contributed by atoms with E-state index in [1.807, 2.05) is 0 Å². The molecule has 84 valence electrons. The third-order valence-corrected chi connectivity index (χ3v) is 2.74. The molecule has 0 amide bonds. The van der Waals surface area contributed by atoms with E-state index in [0.717, 1.165) is 18.5 Å². The Morgan fingerprint density at radius 2 is 2.12 bits per heavy atom. The fraction of sp³-hybridized carbons (Fsp3) is 0.250. The van der Waals surface area contributed by atoms with E-state index in [1.165, 1.54) is 12.1 Å². The summed E-state index contributed by atoms with van der Waals surface area (Å²) in [6.45, 7) is 0. The van der Waals surface area contributed by atoms with Gasteiger partial charge in [-0.3, -0.25) is 4.79 Å². The largest absolute Gasteiger partial charge is 0.358 e. The lowest BCUT2D eigenvalue weighted by Gasteiger charge is -2.15. The van der Waals surface area contributed by atoms with E-state index in [0.29, 0.717) is 17.1 Å². The molecule has 1 aromatic carbocycles. The molecule has 0 heterocycles. The second-order valence-electron chi connectivity index (χ2n) is 3.74. The summed E-state index contributed by atoms with van der Waals surface area (Å²) in [5, 5.41) is 3.37. The van der Waals surface area contributed by atoms with E-state index in [1.54, 1.807) is 12.1 Å². The maximum absolute atomic E-state index is 12.8. The van der Waals surface area contributed by atoms with Gasteiger partial charge in [0.15, 0.2) is 5.78 Å². The number of benzene rings is 1. The minimum Gasteiger partial charge on any atom is -0.358 e. The predicted octanol–water partition coefficient (Wildman–Crippen LogP) is 3.53. The van der Waals surface area contributed by atoms with Crippen LogP contribution in [0.4, 0.5) is 10.1 Å². The molecule has 0 unspecified atom stereocenters. The minimum atomic E-state index is -0.371. The monoisotopic (exact) mass is 239 g/mol. The van der Waals surface area contributed by atoms with E-state index >= 15 is 0 Å². The Kier molecular flexibility index (Phi) is 3.25. The Morgan fingerprint density at radius 3 is 2.81 bits per heavy atom. The average Bonchev–Trinajstić information content (AvgIpc) is 2.22. The first-order valence-corrected chi connectivity index (χ1v) is 5.48. The van der Waals surface area contributed by atoms with Crippen molar-refractivity contribution < 1.29 is 9.18 Å². The molecule has 4 heteroatoms. The maximum atomic E-state index is 12.8. The van der Waals surface area contributed by atoms with Crippen molar-refractivity contribution in [1.82, 2.24) is 0 Å². The first kappa shape index (κ1) is 11.1. The number of halogens is 2. The van der Waals surface area contributed by atoms with Crippen LogP contribution in [0, 0.1) is 5.82 Å². The van der Waals surface area contributed by atoms with Crippen LogP contribution in [-0.2, 0) is 4.79 Å². The third-order valence-electron chi connectivity index (χ3n) is 2.43. The molecule has 16 heavy (non-hydrogen) atoms. The first-order chi connectivity index (χ1) is 7.65. The van der Waals surface area contributed by atoms with Crippen molar-refractivity contribution in [2.75, 3.05) is 5.32 Å². The van der Waals surface area contributed by atoms with Gasteiger partial charge in [-0.25, -0.2) is 4.39 Å². The molecule has 0 spiro atoms. The predicted molar refractivity (Wildman–Crippen MR) is 62.0 cm³/mol. The lowest BCUT2D eigenvalue weighted by Crippen LogP contribution is -2.09. The van der Waals surface area contributed by atoms with Gasteiger partial charge < -0.3 is 5.32 Å². The van der Waals surface area contributed by atoms with Crippen molar-refractivity contribution in [1.29, 1.82) is 0 Å². The zero-order chi connectivity index (χ0) is 11.5. The summed E-state index contributed by atoms with van der Waals surface area (Å²) in [6.07, 6.45) is 3.85. The maximum Gasteiger partial charge on any atom is 0.157 e. The number of hydrogen-bond acceptors (Lipinski definition) is 2. The van der Waals surface area contributed by atoms with Crippen LogP contribution in [0.15, 0.2) is 30.0 Å². The molecule has 1 aliphatic carbocycles. The summed E-state index contributed by atoms with van der Waals surface area (Å²) >= 11 is 5.87. The second-order valence-corrected chi connectivity index (χ2v) is 4.15. The van der Waals surface area contributed by atoms with E-state index in [2.05, 4.69) is 5.32 Å². The highest BCUT2D eigenvalue weighted by Gasteiger charge is 2.11. The zero-order valence-corrected chi connectivity index (χ0v) is 9.35. The first-order valence-electron chi connectivity index (χ1n) is 5.10. The van der Waals surface area contributed by atoms with Crippen molar-refractivity contribution in [3.05, 3.63) is 40.8 Å². The molecule has 1 aromatic rings. The van der Waals surface area contributed by atoms with Crippen LogP contribution in [-0.4, -0.2) is 5.78 Å². The van der Waals surface area contributed by atoms with Crippen LogP contribution < -0.4 is 5.32 Å². The summed E-state index contributed by atoms with van der Waals surface area (Å²) in [5.74, 6) is -0.253. The van der Waals surface area contributed by atoms with Crippen LogP contribution in [0.2, 0.25) is 5.02 Å². The Bertz CT molecular complexity index is 456. The third kappa shape index (κ3) is 2.61. The van der Waals surface area contributed by atoms with Crippen molar-refractivity contribution in [2.45, 2.75) is 19.3 Å². The van der Waals surface area contributed by atoms with Gasteiger partial charge in [0.05, 0.1) is 10.7 Å². The molecule has 0 radical (unpaired) electrons. The standard InChI is InChI=1S/C12H11ClFNO/c13-11-6-8(14)4-5-12(11)15-9-2-1-3-10(16)7-9/h4-7,15H,1-3H2. The number of ketones is 1. The number of allylic oxidation sites excluding steroid dienone is 2. The number of nitrogens with one attached hydrogen (secondary N) is 1. The molecule has 0 aliphatic heterocycles. The smallest absolute Gasteiger partial charge is 0.157 e. The van der Waals surface area contributed by atoms with E-state index in [-0.39, 0.29) is 11.6 Å². The van der Waals surface area contributed by atoms with Crippen LogP contribution in [0.1, 0.15) is 19.3 Å². The van der Waals surface area contributed by atoms with Crippen LogP contribution in [0.5, 0.6) is 0 Å². The van der Waals surface area contributed by atoms with Crippen LogP contribution >= 0.6 is 11.6 Å². The second kappa shape index (κ2) is 4.66. The summed E-state index contributed by atoms with van der Waals surface area (Å²) in [7, 11) is 0. The molecule has 0 saturated carbocycles. The van der Waals surface area contributed by atoms with Gasteiger partial charge in [-0.1, -0.05) is 11.6 Å². The molecule has 0 aromatic heterocycles. The molecule has 0 atom stereocenters. The molecule has 1 N–H and O–H groups in total. The summed E-state index contributed by atoms with van der Waals surface area (Å²) in [5.41, 5.74) is 1.47. The summed E-state index contributed by atoms with van der Waals surface area (Å²) in [6, 6.07) is 4.14. The number of anilines is 1. The van der Waals surface area contributed by atoms with Gasteiger partial charge >= 0.3 is 0 Å². The lowest BCUT2D eigenvalue weighted by molar-refractivity contribution is -0.115. The van der Waals surface area contributed by atoms with Crippen LogP contribution in [0.3, 0.4) is 0 Å². The van der Waals surface area contributed by atoms with Gasteiger partial charge in [-0.2, -0.15) is 0 Å². The average molecular weight is 240 g/mol. The highest BCUT2D eigenvalue weighted by Crippen LogP contribution is 2.26. The Morgan fingerprint density at radius 1 is 1.31 bits per heavy atom. The van der Waals surface area contributed by atoms with Crippen molar-refractivity contribution >= 4 is 23.1 Å². The molecule has 2 nitrogen and oxygen atoms in total. The number of carbonyl (C=O) groups is 1. The van der Waals surface area contributed by atoms with Gasteiger partial charge in [0.1, 0.15) is 5.82 Å². The summed E-state index contributed by atoms with van der Waals surface area (Å²) < 4.78 is 12.8. The Hall–Kier alpha value is -1.35. The molecular weight excluding hydrogens is 229 g/mol. The molecule has 0 bridgehead atoms. The summed E-state index contributed by atoms with van der Waals surface area (Å²) in [4.78, 5) is 11.2. The van der Waals surface area contributed by atoms with Crippen LogP contribution in [0.25, 0.3) is 0 Å². The van der Waals surface area contributed by atoms with Gasteiger partial charge in [0, 0.05) is 18.2 Å². The van der Waals surface area contributed by atoms with Gasteiger partial charge in [0.25, 0.3) is 0 Å². The highest BCUT2D eigenvalue weighted by atomic mass is 35.5. The fourth-order valence-corrected chi connectivity index (χ4v) is 1.87. The Labute approximate surface area is 98.1 Å². The minimum absolute atomic E-state index is 0.118. The van der Waals surface area contributed by atoms with E-state index in [9.17, 15) is 9.18 Å². The van der Waals surface area contributed by atoms with Crippen molar-refractivity contribution in [3.63, 3.8) is 0 Å². The lowest BCUT2D eigenvalue weighted by atomic mass is 10.0. The molecule has 0 fully saturated rings. The molecule has 2 rings (SSSR count). The molecular formula is C12H11ClFNO. The number of rotatable bonds is 2. The van der Waals surface area contributed by atoms with Crippen molar-refractivity contribution in [3.8, 4) is 0 Å². The van der Waals surface area contributed by atoms with Gasteiger partial charge in [0.2, 0.25) is 0 Å². The topological polar surface area (TPSA) is 29.1 Å². The molecule has 1 aliphatic rings. The molecule has 0 saturated heterocycles. The quantitative estimate of drug-likeness (QED) is 0.856. The number of hydrogen-bond donors (Lipinski definition) is 1. The normalized spacial score (nSPS) is 15.9. The SMILES string of the molecule is O=C1C=C(Nc2ccc(F)cc2Cl)CCC1. The highest BCUT2D eigenvalue weighted by molar-refractivity contribution is 6.33.